The molecule has 1 saturated heterocycles. The van der Waals surface area contributed by atoms with Gasteiger partial charge in [-0.05, 0) is 48.6 Å². The number of nitrogens with zero attached hydrogens (tertiary/aromatic N) is 5. The normalized spacial score (nSPS) is 17.0. The van der Waals surface area contributed by atoms with Crippen LogP contribution >= 0.6 is 0 Å². The molecule has 6 nitrogen and oxygen atoms in total. The van der Waals surface area contributed by atoms with Gasteiger partial charge in [-0.15, -0.1) is 0 Å². The number of fused-ring (bicyclic) bond motifs is 1. The minimum Gasteiger partial charge on any atom is -0.382 e. The van der Waals surface area contributed by atoms with E-state index in [1.165, 1.54) is 24.0 Å². The van der Waals surface area contributed by atoms with E-state index >= 15 is 0 Å². The maximum Gasteiger partial charge on any atom is 0.153 e. The molecule has 3 heterocycles. The second-order valence-corrected chi connectivity index (χ2v) is 7.17. The fraction of sp³-hybridized carbons (Fsp3) is 0.350. The first kappa shape index (κ1) is 16.6. The molecule has 0 radical (unpaired) electrons. The van der Waals surface area contributed by atoms with E-state index in [-0.39, 0.29) is 0 Å². The smallest absolute Gasteiger partial charge is 0.153 e. The van der Waals surface area contributed by atoms with E-state index in [4.69, 9.17) is 10.7 Å². The van der Waals surface area contributed by atoms with Crippen molar-refractivity contribution in [3.8, 4) is 0 Å². The van der Waals surface area contributed by atoms with Crippen molar-refractivity contribution in [1.82, 2.24) is 15.0 Å². The van der Waals surface area contributed by atoms with Gasteiger partial charge in [0.25, 0.3) is 0 Å². The van der Waals surface area contributed by atoms with Crippen LogP contribution in [0.3, 0.4) is 0 Å². The fourth-order valence-electron chi connectivity index (χ4n) is 3.63. The first-order chi connectivity index (χ1) is 12.6. The van der Waals surface area contributed by atoms with Gasteiger partial charge < -0.3 is 15.5 Å². The number of rotatable bonds is 4. The molecule has 0 spiro atoms. The fourth-order valence-corrected chi connectivity index (χ4v) is 3.63. The summed E-state index contributed by atoms with van der Waals surface area (Å²) in [6, 6.07) is 12.8. The Bertz CT molecular complexity index is 923. The predicted molar refractivity (Wildman–Crippen MR) is 107 cm³/mol. The third kappa shape index (κ3) is 3.27. The van der Waals surface area contributed by atoms with Crippen LogP contribution < -0.4 is 15.5 Å². The zero-order valence-corrected chi connectivity index (χ0v) is 15.3. The molecule has 2 N–H and O–H groups in total. The van der Waals surface area contributed by atoms with Crippen LogP contribution in [0.5, 0.6) is 0 Å². The Morgan fingerprint density at radius 1 is 1.19 bits per heavy atom. The summed E-state index contributed by atoms with van der Waals surface area (Å²) in [6.07, 6.45) is 3.75. The van der Waals surface area contributed by atoms with E-state index in [0.717, 1.165) is 30.8 Å². The van der Waals surface area contributed by atoms with Gasteiger partial charge in [0.2, 0.25) is 0 Å². The number of anilines is 3. The summed E-state index contributed by atoms with van der Waals surface area (Å²) in [5, 5.41) is 0. The molecule has 6 heteroatoms. The van der Waals surface area contributed by atoms with Gasteiger partial charge in [0.05, 0.1) is 5.52 Å². The van der Waals surface area contributed by atoms with Crippen LogP contribution in [0.1, 0.15) is 12.0 Å². The summed E-state index contributed by atoms with van der Waals surface area (Å²) in [5.74, 6) is 2.03. The van der Waals surface area contributed by atoms with Gasteiger partial charge in [0.1, 0.15) is 17.7 Å². The van der Waals surface area contributed by atoms with Gasteiger partial charge in [-0.3, -0.25) is 0 Å². The van der Waals surface area contributed by atoms with Crippen LogP contribution in [-0.2, 0) is 6.42 Å². The van der Waals surface area contributed by atoms with Gasteiger partial charge in [0, 0.05) is 32.9 Å². The van der Waals surface area contributed by atoms with Crippen LogP contribution in [0.2, 0.25) is 0 Å². The Morgan fingerprint density at radius 3 is 2.92 bits per heavy atom. The molecule has 1 aromatic carbocycles. The third-order valence-corrected chi connectivity index (χ3v) is 5.06. The number of pyridine rings is 1. The van der Waals surface area contributed by atoms with Crippen molar-refractivity contribution >= 4 is 28.4 Å². The Morgan fingerprint density at radius 2 is 2.08 bits per heavy atom. The van der Waals surface area contributed by atoms with Crippen molar-refractivity contribution in [2.75, 3.05) is 42.7 Å². The van der Waals surface area contributed by atoms with Crippen molar-refractivity contribution in [2.45, 2.75) is 12.8 Å². The van der Waals surface area contributed by atoms with Crippen molar-refractivity contribution in [2.24, 2.45) is 5.92 Å². The van der Waals surface area contributed by atoms with E-state index in [0.29, 0.717) is 17.3 Å². The molecule has 1 unspecified atom stereocenters. The van der Waals surface area contributed by atoms with Crippen molar-refractivity contribution in [1.29, 1.82) is 0 Å². The predicted octanol–water partition coefficient (Wildman–Crippen LogP) is 2.74. The van der Waals surface area contributed by atoms with Gasteiger partial charge in [0.15, 0.2) is 5.82 Å². The third-order valence-electron chi connectivity index (χ3n) is 5.06. The van der Waals surface area contributed by atoms with E-state index in [2.05, 4.69) is 58.1 Å². The van der Waals surface area contributed by atoms with Gasteiger partial charge >= 0.3 is 0 Å². The molecule has 1 aliphatic heterocycles. The Labute approximate surface area is 153 Å². The molecule has 1 atom stereocenters. The topological polar surface area (TPSA) is 71.2 Å². The highest BCUT2D eigenvalue weighted by molar-refractivity contribution is 5.84. The Kier molecular flexibility index (Phi) is 4.32. The molecule has 2 aromatic heterocycles. The Balaban J connectivity index is 1.48. The molecule has 1 aliphatic rings. The molecule has 0 aliphatic carbocycles. The number of benzene rings is 1. The van der Waals surface area contributed by atoms with Crippen molar-refractivity contribution < 1.29 is 0 Å². The Hall–Kier alpha value is -2.89. The van der Waals surface area contributed by atoms with Crippen LogP contribution in [0.15, 0.2) is 42.7 Å². The first-order valence-corrected chi connectivity index (χ1v) is 8.98. The quantitative estimate of drug-likeness (QED) is 0.782. The molecule has 0 bridgehead atoms. The molecule has 134 valence electrons. The number of aromatic nitrogens is 3. The lowest BCUT2D eigenvalue weighted by Gasteiger charge is -2.18. The summed E-state index contributed by atoms with van der Waals surface area (Å²) in [5.41, 5.74) is 10.1. The van der Waals surface area contributed by atoms with Crippen molar-refractivity contribution in [3.05, 3.63) is 48.3 Å². The van der Waals surface area contributed by atoms with Gasteiger partial charge in [-0.25, -0.2) is 15.0 Å². The average molecular weight is 348 g/mol. The minimum absolute atomic E-state index is 0.438. The SMILES string of the molecule is CN(C)c1cccc(CC2CCN(c3ccc4ncnc(N)c4n3)C2)c1. The van der Waals surface area contributed by atoms with E-state index < -0.39 is 0 Å². The maximum atomic E-state index is 5.96. The maximum absolute atomic E-state index is 5.96. The zero-order valence-electron chi connectivity index (χ0n) is 15.3. The second-order valence-electron chi connectivity index (χ2n) is 7.17. The molecule has 0 amide bonds. The number of nitrogens with two attached hydrogens (primary N) is 1. The highest BCUT2D eigenvalue weighted by Crippen LogP contribution is 2.27. The lowest BCUT2D eigenvalue weighted by atomic mass is 9.98. The van der Waals surface area contributed by atoms with Crippen LogP contribution in [0.25, 0.3) is 11.0 Å². The highest BCUT2D eigenvalue weighted by atomic mass is 15.2. The van der Waals surface area contributed by atoms with Crippen LogP contribution in [-0.4, -0.2) is 42.1 Å². The minimum atomic E-state index is 0.438. The van der Waals surface area contributed by atoms with Gasteiger partial charge in [-0.1, -0.05) is 12.1 Å². The molecule has 26 heavy (non-hydrogen) atoms. The summed E-state index contributed by atoms with van der Waals surface area (Å²) in [6.45, 7) is 2.03. The second kappa shape index (κ2) is 6.78. The van der Waals surface area contributed by atoms with E-state index in [9.17, 15) is 0 Å². The number of nitrogen functional groups attached to an aromatic ring is 1. The molecule has 4 rings (SSSR count). The largest absolute Gasteiger partial charge is 0.382 e. The van der Waals surface area contributed by atoms with Crippen LogP contribution in [0.4, 0.5) is 17.3 Å². The molecule has 0 saturated carbocycles. The summed E-state index contributed by atoms with van der Waals surface area (Å²) < 4.78 is 0. The molecule has 3 aromatic rings. The van der Waals surface area contributed by atoms with Crippen LogP contribution in [0, 0.1) is 5.92 Å². The zero-order chi connectivity index (χ0) is 18.1. The molecule has 1 fully saturated rings. The van der Waals surface area contributed by atoms with Gasteiger partial charge in [-0.2, -0.15) is 0 Å². The summed E-state index contributed by atoms with van der Waals surface area (Å²) in [7, 11) is 4.16. The first-order valence-electron chi connectivity index (χ1n) is 8.98. The number of hydrogen-bond donors (Lipinski definition) is 1. The molecular weight excluding hydrogens is 324 g/mol. The average Bonchev–Trinajstić information content (AvgIpc) is 3.10. The van der Waals surface area contributed by atoms with Crippen molar-refractivity contribution in [3.63, 3.8) is 0 Å². The molecular formula is C20H24N6. The van der Waals surface area contributed by atoms with E-state index in [1.807, 2.05) is 12.1 Å². The highest BCUT2D eigenvalue weighted by Gasteiger charge is 2.24. The standard InChI is InChI=1S/C20H24N6/c1-25(2)16-5-3-4-14(11-16)10-15-8-9-26(12-15)18-7-6-17-19(24-18)20(21)23-13-22-17/h3-7,11,13,15H,8-10,12H2,1-2H3,(H2,21,22,23). The monoisotopic (exact) mass is 348 g/mol. The lowest BCUT2D eigenvalue weighted by Crippen LogP contribution is -2.21. The van der Waals surface area contributed by atoms with E-state index in [1.54, 1.807) is 0 Å². The lowest BCUT2D eigenvalue weighted by molar-refractivity contribution is 0.586. The summed E-state index contributed by atoms with van der Waals surface area (Å²) >= 11 is 0. The summed E-state index contributed by atoms with van der Waals surface area (Å²) in [4.78, 5) is 17.5. The number of hydrogen-bond acceptors (Lipinski definition) is 6.